The summed E-state index contributed by atoms with van der Waals surface area (Å²) in [6.07, 6.45) is 3.30. The summed E-state index contributed by atoms with van der Waals surface area (Å²) in [7, 11) is -3.19. The molecule has 15 heavy (non-hydrogen) atoms. The molecule has 4 nitrogen and oxygen atoms in total. The Balaban J connectivity index is 2.71. The summed E-state index contributed by atoms with van der Waals surface area (Å²) >= 11 is 0. The van der Waals surface area contributed by atoms with Gasteiger partial charge in [-0.2, -0.15) is 0 Å². The van der Waals surface area contributed by atoms with Gasteiger partial charge in [0.2, 0.25) is 10.0 Å². The van der Waals surface area contributed by atoms with Gasteiger partial charge < -0.3 is 0 Å². The topological polar surface area (TPSA) is 49.4 Å². The van der Waals surface area contributed by atoms with Crippen LogP contribution in [-0.2, 0) is 10.0 Å². The van der Waals surface area contributed by atoms with Crippen molar-refractivity contribution < 1.29 is 8.42 Å². The van der Waals surface area contributed by atoms with Gasteiger partial charge in [0, 0.05) is 12.1 Å². The molecule has 0 saturated carbocycles. The minimum atomic E-state index is -3.19. The highest BCUT2D eigenvalue weighted by Crippen LogP contribution is 2.21. The molecule has 1 heterocycles. The van der Waals surface area contributed by atoms with E-state index in [1.165, 1.54) is 6.42 Å². The second-order valence-electron chi connectivity index (χ2n) is 4.72. The van der Waals surface area contributed by atoms with Crippen LogP contribution < -0.4 is 4.83 Å². The maximum Gasteiger partial charge on any atom is 0.226 e. The maximum atomic E-state index is 11.7. The molecule has 2 atom stereocenters. The van der Waals surface area contributed by atoms with E-state index in [0.717, 1.165) is 12.8 Å². The van der Waals surface area contributed by atoms with Crippen LogP contribution in [0, 0.1) is 0 Å². The van der Waals surface area contributed by atoms with Crippen LogP contribution in [0.3, 0.4) is 0 Å². The summed E-state index contributed by atoms with van der Waals surface area (Å²) in [5, 5.41) is 1.51. The number of nitrogens with zero attached hydrogens (tertiary/aromatic N) is 1. The fourth-order valence-corrected chi connectivity index (χ4v) is 2.72. The van der Waals surface area contributed by atoms with Gasteiger partial charge in [-0.05, 0) is 40.5 Å². The van der Waals surface area contributed by atoms with E-state index in [4.69, 9.17) is 0 Å². The Morgan fingerprint density at radius 1 is 1.20 bits per heavy atom. The molecule has 0 aromatic carbocycles. The Hall–Kier alpha value is -0.130. The standard InChI is InChI=1S/C10H22N2O2S/c1-8(2)15(13,14)11-12-9(3)6-5-7-10(12)4/h8-11H,5-7H2,1-4H3. The first kappa shape index (κ1) is 12.9. The molecule has 0 aliphatic carbocycles. The first-order valence-corrected chi connectivity index (χ1v) is 7.19. The zero-order valence-electron chi connectivity index (χ0n) is 10.0. The smallest absolute Gasteiger partial charge is 0.225 e. The highest BCUT2D eigenvalue weighted by molar-refractivity contribution is 7.90. The summed E-state index contributed by atoms with van der Waals surface area (Å²) in [6.45, 7) is 7.53. The largest absolute Gasteiger partial charge is 0.226 e. The van der Waals surface area contributed by atoms with E-state index in [0.29, 0.717) is 12.1 Å². The van der Waals surface area contributed by atoms with E-state index in [-0.39, 0.29) is 5.25 Å². The van der Waals surface area contributed by atoms with E-state index >= 15 is 0 Å². The molecule has 1 N–H and O–H groups in total. The number of rotatable bonds is 3. The lowest BCUT2D eigenvalue weighted by atomic mass is 10.0. The first-order chi connectivity index (χ1) is 6.84. The third kappa shape index (κ3) is 3.16. The molecular formula is C10H22N2O2S. The van der Waals surface area contributed by atoms with Gasteiger partial charge in [0.25, 0.3) is 0 Å². The van der Waals surface area contributed by atoms with Gasteiger partial charge in [-0.1, -0.05) is 6.42 Å². The number of piperidine rings is 1. The molecule has 1 aliphatic heterocycles. The fourth-order valence-electron chi connectivity index (χ4n) is 1.85. The fraction of sp³-hybridized carbons (Fsp3) is 1.00. The van der Waals surface area contributed by atoms with E-state index < -0.39 is 10.0 Å². The van der Waals surface area contributed by atoms with Gasteiger partial charge in [-0.3, -0.25) is 0 Å². The van der Waals surface area contributed by atoms with Crippen molar-refractivity contribution in [3.63, 3.8) is 0 Å². The lowest BCUT2D eigenvalue weighted by Gasteiger charge is -2.38. The van der Waals surface area contributed by atoms with Gasteiger partial charge in [0.1, 0.15) is 0 Å². The Kier molecular flexibility index (Phi) is 4.14. The third-order valence-corrected chi connectivity index (χ3v) is 4.75. The number of sulfonamides is 1. The minimum absolute atomic E-state index is 0.294. The highest BCUT2D eigenvalue weighted by Gasteiger charge is 2.29. The predicted molar refractivity (Wildman–Crippen MR) is 61.8 cm³/mol. The number of hydrazine groups is 1. The Bertz CT molecular complexity index is 291. The van der Waals surface area contributed by atoms with Crippen molar-refractivity contribution >= 4 is 10.0 Å². The predicted octanol–water partition coefficient (Wildman–Crippen LogP) is 1.49. The van der Waals surface area contributed by atoms with Gasteiger partial charge in [0.15, 0.2) is 0 Å². The van der Waals surface area contributed by atoms with Crippen molar-refractivity contribution in [2.45, 2.75) is 64.3 Å². The van der Waals surface area contributed by atoms with E-state index in [1.807, 2.05) is 5.01 Å². The molecule has 1 fully saturated rings. The summed E-state index contributed by atoms with van der Waals surface area (Å²) in [5.41, 5.74) is 0. The average molecular weight is 234 g/mol. The maximum absolute atomic E-state index is 11.7. The Morgan fingerprint density at radius 3 is 2.07 bits per heavy atom. The summed E-state index contributed by atoms with van der Waals surface area (Å²) in [5.74, 6) is 0. The average Bonchev–Trinajstić information content (AvgIpc) is 2.11. The quantitative estimate of drug-likeness (QED) is 0.805. The highest BCUT2D eigenvalue weighted by atomic mass is 32.2. The zero-order chi connectivity index (χ0) is 11.6. The third-order valence-electron chi connectivity index (χ3n) is 3.05. The van der Waals surface area contributed by atoms with E-state index in [1.54, 1.807) is 13.8 Å². The lowest BCUT2D eigenvalue weighted by molar-refractivity contribution is 0.0787. The van der Waals surface area contributed by atoms with Crippen molar-refractivity contribution in [1.82, 2.24) is 9.84 Å². The summed E-state index contributed by atoms with van der Waals surface area (Å²) < 4.78 is 23.5. The number of hydrogen-bond acceptors (Lipinski definition) is 3. The molecule has 1 rings (SSSR count). The number of nitrogens with one attached hydrogen (secondary N) is 1. The SMILES string of the molecule is CC1CCCC(C)N1NS(=O)(=O)C(C)C. The van der Waals surface area contributed by atoms with Crippen LogP contribution in [0.2, 0.25) is 0 Å². The minimum Gasteiger partial charge on any atom is -0.225 e. The number of hydrogen-bond donors (Lipinski definition) is 1. The van der Waals surface area contributed by atoms with Crippen LogP contribution in [0.4, 0.5) is 0 Å². The molecule has 2 unspecified atom stereocenters. The van der Waals surface area contributed by atoms with Gasteiger partial charge in [-0.25, -0.2) is 13.4 Å². The van der Waals surface area contributed by atoms with Crippen LogP contribution >= 0.6 is 0 Å². The van der Waals surface area contributed by atoms with Crippen molar-refractivity contribution in [2.24, 2.45) is 0 Å². The zero-order valence-corrected chi connectivity index (χ0v) is 10.8. The second kappa shape index (κ2) is 4.80. The van der Waals surface area contributed by atoms with Crippen LogP contribution in [0.1, 0.15) is 47.0 Å². The molecular weight excluding hydrogens is 212 g/mol. The molecule has 90 valence electrons. The van der Waals surface area contributed by atoms with Gasteiger partial charge in [0.05, 0.1) is 5.25 Å². The van der Waals surface area contributed by atoms with Crippen LogP contribution in [0.5, 0.6) is 0 Å². The molecule has 0 bridgehead atoms. The second-order valence-corrected chi connectivity index (χ2v) is 6.94. The Morgan fingerprint density at radius 2 is 1.67 bits per heavy atom. The first-order valence-electron chi connectivity index (χ1n) is 5.64. The van der Waals surface area contributed by atoms with E-state index in [2.05, 4.69) is 18.7 Å². The molecule has 0 spiro atoms. The van der Waals surface area contributed by atoms with Crippen molar-refractivity contribution in [3.8, 4) is 0 Å². The van der Waals surface area contributed by atoms with E-state index in [9.17, 15) is 8.42 Å². The van der Waals surface area contributed by atoms with Gasteiger partial charge in [-0.15, -0.1) is 4.83 Å². The molecule has 1 aliphatic rings. The van der Waals surface area contributed by atoms with Crippen molar-refractivity contribution in [3.05, 3.63) is 0 Å². The van der Waals surface area contributed by atoms with Crippen molar-refractivity contribution in [1.29, 1.82) is 0 Å². The van der Waals surface area contributed by atoms with Crippen molar-refractivity contribution in [2.75, 3.05) is 0 Å². The van der Waals surface area contributed by atoms with Crippen LogP contribution in [0.25, 0.3) is 0 Å². The molecule has 1 saturated heterocycles. The molecule has 0 aromatic heterocycles. The molecule has 5 heteroatoms. The lowest BCUT2D eigenvalue weighted by Crippen LogP contribution is -2.55. The normalized spacial score (nSPS) is 29.7. The summed E-state index contributed by atoms with van der Waals surface area (Å²) in [6, 6.07) is 0.588. The summed E-state index contributed by atoms with van der Waals surface area (Å²) in [4.78, 5) is 2.70. The molecule has 0 amide bonds. The van der Waals surface area contributed by atoms with Crippen LogP contribution in [-0.4, -0.2) is 30.8 Å². The molecule has 0 radical (unpaired) electrons. The monoisotopic (exact) mass is 234 g/mol. The molecule has 0 aromatic rings. The Labute approximate surface area is 93.1 Å². The van der Waals surface area contributed by atoms with Crippen LogP contribution in [0.15, 0.2) is 0 Å². The van der Waals surface area contributed by atoms with Gasteiger partial charge >= 0.3 is 0 Å².